The first kappa shape index (κ1) is 29.8. The van der Waals surface area contributed by atoms with Gasteiger partial charge >= 0.3 is 13.7 Å². The number of benzene rings is 1. The van der Waals surface area contributed by atoms with Crippen LogP contribution in [0, 0.1) is 6.92 Å². The summed E-state index contributed by atoms with van der Waals surface area (Å²) in [4.78, 5) is 25.1. The number of rotatable bonds is 11. The third kappa shape index (κ3) is 6.26. The Morgan fingerprint density at radius 1 is 1.27 bits per heavy atom. The van der Waals surface area contributed by atoms with Crippen LogP contribution < -0.4 is 14.3 Å². The predicted octanol–water partition coefficient (Wildman–Crippen LogP) is 3.26. The molecule has 3 heterocycles. The average Bonchev–Trinajstić information content (AvgIpc) is 3.40. The number of imidazole rings is 1. The summed E-state index contributed by atoms with van der Waals surface area (Å²) in [5.74, 6) is 0.0807. The van der Waals surface area contributed by atoms with Crippen LogP contribution in [0.4, 0.5) is 4.39 Å². The van der Waals surface area contributed by atoms with Crippen LogP contribution in [0.3, 0.4) is 0 Å². The first-order valence-electron chi connectivity index (χ1n) is 12.6. The fraction of sp³-hybridized carbons (Fsp3) is 0.520. The number of ether oxygens (including phenoxy) is 3. The van der Waals surface area contributed by atoms with Gasteiger partial charge in [-0.1, -0.05) is 18.2 Å². The van der Waals surface area contributed by atoms with Crippen LogP contribution in [-0.2, 0) is 23.4 Å². The van der Waals surface area contributed by atoms with E-state index in [9.17, 15) is 14.5 Å². The van der Waals surface area contributed by atoms with Crippen molar-refractivity contribution in [2.75, 3.05) is 13.7 Å². The molecule has 0 amide bonds. The zero-order chi connectivity index (χ0) is 29.2. The second kappa shape index (κ2) is 11.8. The van der Waals surface area contributed by atoms with Gasteiger partial charge in [0.15, 0.2) is 23.1 Å². The van der Waals surface area contributed by atoms with Crippen LogP contribution >= 0.6 is 7.75 Å². The highest BCUT2D eigenvalue weighted by atomic mass is 31.2. The minimum Gasteiger partial charge on any atom is -0.479 e. The zero-order valence-electron chi connectivity index (χ0n) is 23.0. The normalized spacial score (nSPS) is 25.1. The number of aliphatic hydroxyl groups excluding tert-OH is 1. The summed E-state index contributed by atoms with van der Waals surface area (Å²) < 4.78 is 58.6. The van der Waals surface area contributed by atoms with Crippen molar-refractivity contribution in [1.29, 1.82) is 0 Å². The van der Waals surface area contributed by atoms with E-state index in [0.717, 1.165) is 0 Å². The molecule has 6 atom stereocenters. The number of nitrogens with zero attached hydrogens (tertiary/aromatic N) is 4. The average molecular weight is 582 g/mol. The summed E-state index contributed by atoms with van der Waals surface area (Å²) in [5, 5.41) is 13.4. The number of aryl methyl sites for hydroxylation is 1. The fourth-order valence-corrected chi connectivity index (χ4v) is 5.67. The van der Waals surface area contributed by atoms with Crippen molar-refractivity contribution in [1.82, 2.24) is 24.6 Å². The minimum atomic E-state index is -4.27. The van der Waals surface area contributed by atoms with E-state index < -0.39 is 56.6 Å². The summed E-state index contributed by atoms with van der Waals surface area (Å²) >= 11 is 0. The molecule has 1 aliphatic rings. The number of methoxy groups -OCH3 is 1. The topological polar surface area (TPSA) is 156 Å². The fourth-order valence-electron chi connectivity index (χ4n) is 4.16. The number of halogens is 1. The van der Waals surface area contributed by atoms with Gasteiger partial charge in [-0.3, -0.25) is 13.9 Å². The van der Waals surface area contributed by atoms with Crippen molar-refractivity contribution in [2.24, 2.45) is 0 Å². The van der Waals surface area contributed by atoms with E-state index in [2.05, 4.69) is 20.0 Å². The molecule has 1 fully saturated rings. The Bertz CT molecular complexity index is 1390. The van der Waals surface area contributed by atoms with Crippen molar-refractivity contribution in [3.63, 3.8) is 0 Å². The van der Waals surface area contributed by atoms with Crippen molar-refractivity contribution >= 4 is 24.9 Å². The van der Waals surface area contributed by atoms with Gasteiger partial charge in [0.1, 0.15) is 29.8 Å². The lowest BCUT2D eigenvalue weighted by molar-refractivity contribution is -0.149. The van der Waals surface area contributed by atoms with E-state index in [4.69, 9.17) is 23.3 Å². The number of aromatic nitrogens is 4. The number of carbonyl (C=O) groups is 1. The Hall–Kier alpha value is -3.16. The molecule has 0 spiro atoms. The summed E-state index contributed by atoms with van der Waals surface area (Å²) in [6.07, 6.45) is -3.45. The van der Waals surface area contributed by atoms with Crippen molar-refractivity contribution in [3.05, 3.63) is 42.5 Å². The minimum absolute atomic E-state index is 0.192. The third-order valence-corrected chi connectivity index (χ3v) is 7.74. The number of fused-ring (bicyclic) bond motifs is 1. The van der Waals surface area contributed by atoms with E-state index in [1.165, 1.54) is 31.9 Å². The molecule has 2 N–H and O–H groups in total. The van der Waals surface area contributed by atoms with Gasteiger partial charge in [0, 0.05) is 0 Å². The van der Waals surface area contributed by atoms with Gasteiger partial charge in [0.25, 0.3) is 0 Å². The van der Waals surface area contributed by atoms with Crippen LogP contribution in [0.25, 0.3) is 11.2 Å². The zero-order valence-corrected chi connectivity index (χ0v) is 23.9. The van der Waals surface area contributed by atoms with Crippen molar-refractivity contribution in [2.45, 2.75) is 70.9 Å². The second-order valence-electron chi connectivity index (χ2n) is 9.76. The smallest absolute Gasteiger partial charge is 0.459 e. The van der Waals surface area contributed by atoms with E-state index in [-0.39, 0.29) is 22.8 Å². The molecule has 218 valence electrons. The molecule has 0 bridgehead atoms. The summed E-state index contributed by atoms with van der Waals surface area (Å²) in [7, 11) is -2.85. The van der Waals surface area contributed by atoms with Crippen LogP contribution in [0.15, 0.2) is 36.7 Å². The number of para-hydroxylation sites is 1. The van der Waals surface area contributed by atoms with Crippen LogP contribution in [0.2, 0.25) is 0 Å². The number of hydrogen-bond acceptors (Lipinski definition) is 11. The molecule has 4 rings (SSSR count). The molecular formula is C25H33FN5O8P. The Morgan fingerprint density at radius 2 is 1.98 bits per heavy atom. The van der Waals surface area contributed by atoms with E-state index in [1.807, 2.05) is 0 Å². The Kier molecular flexibility index (Phi) is 8.76. The van der Waals surface area contributed by atoms with E-state index >= 15 is 4.39 Å². The Balaban J connectivity index is 1.56. The molecule has 3 aromatic rings. The maximum atomic E-state index is 16.0. The monoisotopic (exact) mass is 581 g/mol. The molecule has 1 saturated heterocycles. The molecule has 1 aromatic carbocycles. The molecule has 0 saturated carbocycles. The summed E-state index contributed by atoms with van der Waals surface area (Å²) in [6.45, 7) is 7.05. The maximum absolute atomic E-state index is 16.0. The first-order chi connectivity index (χ1) is 18.8. The summed E-state index contributed by atoms with van der Waals surface area (Å²) in [6, 6.07) is 7.07. The highest BCUT2D eigenvalue weighted by Gasteiger charge is 2.56. The van der Waals surface area contributed by atoms with Gasteiger partial charge in [0.05, 0.1) is 26.1 Å². The number of esters is 1. The quantitative estimate of drug-likeness (QED) is 0.252. The summed E-state index contributed by atoms with van der Waals surface area (Å²) in [5.41, 5.74) is -1.81. The molecule has 0 radical (unpaired) electrons. The van der Waals surface area contributed by atoms with Gasteiger partial charge in [0.2, 0.25) is 5.88 Å². The van der Waals surface area contributed by atoms with Gasteiger partial charge in [-0.05, 0) is 46.8 Å². The Morgan fingerprint density at radius 3 is 2.62 bits per heavy atom. The lowest BCUT2D eigenvalue weighted by atomic mass is 9.98. The standard InChI is InChI=1S/C25H33FN5O8P/c1-14(2)37-23(33)15(3)30-40(34,39-17-10-8-7-9-11-17)36-12-18-20(32)25(5,26)24(38-18)31-13-27-19-21(31)28-16(4)29-22(19)35-6/h7-11,13-15,18,20,24,32H,12H2,1-6H3,(H,30,34)/t15-,18+,20+,24+,25+,40?/m0/s1. The second-order valence-corrected chi connectivity index (χ2v) is 11.5. The van der Waals surface area contributed by atoms with E-state index in [1.54, 1.807) is 51.1 Å². The third-order valence-electron chi connectivity index (χ3n) is 6.10. The number of alkyl halides is 1. The lowest BCUT2D eigenvalue weighted by Gasteiger charge is -2.25. The highest BCUT2D eigenvalue weighted by Crippen LogP contribution is 2.48. The van der Waals surface area contributed by atoms with Gasteiger partial charge in [-0.15, -0.1) is 0 Å². The highest BCUT2D eigenvalue weighted by molar-refractivity contribution is 7.52. The predicted molar refractivity (Wildman–Crippen MR) is 140 cm³/mol. The number of carbonyl (C=O) groups excluding carboxylic acids is 1. The van der Waals surface area contributed by atoms with Gasteiger partial charge in [-0.25, -0.2) is 18.9 Å². The SMILES string of the molecule is COc1nc(C)nc2c1ncn2[C@@H]1O[C@H](COP(=O)(N[C@@H](C)C(=O)OC(C)C)Oc2ccccc2)[C@@H](O)[C@@]1(C)F. The largest absolute Gasteiger partial charge is 0.479 e. The molecule has 2 aromatic heterocycles. The lowest BCUT2D eigenvalue weighted by Crippen LogP contribution is -2.41. The van der Waals surface area contributed by atoms with Gasteiger partial charge in [-0.2, -0.15) is 10.1 Å². The van der Waals surface area contributed by atoms with Crippen LogP contribution in [-0.4, -0.2) is 74.3 Å². The molecule has 1 unspecified atom stereocenters. The molecule has 15 heteroatoms. The first-order valence-corrected chi connectivity index (χ1v) is 14.1. The Labute approximate surface area is 230 Å². The number of nitrogens with one attached hydrogen (secondary N) is 1. The van der Waals surface area contributed by atoms with E-state index in [0.29, 0.717) is 5.82 Å². The van der Waals surface area contributed by atoms with Crippen LogP contribution in [0.5, 0.6) is 11.6 Å². The molecule has 0 aliphatic carbocycles. The molecule has 13 nitrogen and oxygen atoms in total. The van der Waals surface area contributed by atoms with Crippen molar-refractivity contribution in [3.8, 4) is 11.6 Å². The van der Waals surface area contributed by atoms with Crippen molar-refractivity contribution < 1.29 is 42.1 Å². The molecular weight excluding hydrogens is 548 g/mol. The van der Waals surface area contributed by atoms with Gasteiger partial charge < -0.3 is 23.8 Å². The number of aliphatic hydroxyl groups is 1. The molecule has 1 aliphatic heterocycles. The van der Waals surface area contributed by atoms with Crippen LogP contribution in [0.1, 0.15) is 39.7 Å². The molecule has 40 heavy (non-hydrogen) atoms. The maximum Gasteiger partial charge on any atom is 0.459 e. The number of hydrogen-bond donors (Lipinski definition) is 2.